The van der Waals surface area contributed by atoms with Crippen LogP contribution in [-0.4, -0.2) is 41.0 Å². The number of fused-ring (bicyclic) bond motifs is 3. The topological polar surface area (TPSA) is 90.7 Å². The first-order chi connectivity index (χ1) is 14.9. The van der Waals surface area contributed by atoms with Gasteiger partial charge >= 0.3 is 5.97 Å². The Hall–Kier alpha value is -2.58. The number of nitrogens with zero attached hydrogens (tertiary/aromatic N) is 2. The molecule has 0 bridgehead atoms. The predicted molar refractivity (Wildman–Crippen MR) is 128 cm³/mol. The Bertz CT molecular complexity index is 1130. The second-order valence-electron chi connectivity index (χ2n) is 9.17. The maximum Gasteiger partial charge on any atom is 0.341 e. The maximum atomic E-state index is 12.6. The molecule has 0 radical (unpaired) electrons. The van der Waals surface area contributed by atoms with Crippen LogP contribution in [0.15, 0.2) is 29.7 Å². The summed E-state index contributed by atoms with van der Waals surface area (Å²) >= 11 is 5.05. The Labute approximate surface area is 193 Å². The van der Waals surface area contributed by atoms with E-state index in [1.807, 2.05) is 33.8 Å². The summed E-state index contributed by atoms with van der Waals surface area (Å²) in [6.45, 7) is 13.0. The fraction of sp³-hybridized carbons (Fsp3) is 0.458. The van der Waals surface area contributed by atoms with Gasteiger partial charge in [0.15, 0.2) is 5.43 Å². The maximum absolute atomic E-state index is 12.6. The lowest BCUT2D eigenvalue weighted by Crippen LogP contribution is -2.46. The molecule has 1 aliphatic heterocycles. The minimum absolute atomic E-state index is 0.293. The first kappa shape index (κ1) is 24.1. The molecule has 8 heteroatoms. The largest absolute Gasteiger partial charge is 0.491 e. The summed E-state index contributed by atoms with van der Waals surface area (Å²) in [5.41, 5.74) is 2.10. The Balaban J connectivity index is 2.26. The van der Waals surface area contributed by atoms with Crippen LogP contribution in [0.5, 0.6) is 5.75 Å². The quantitative estimate of drug-likeness (QED) is 0.476. The molecule has 0 spiro atoms. The lowest BCUT2D eigenvalue weighted by molar-refractivity contribution is 0.0693. The van der Waals surface area contributed by atoms with Crippen LogP contribution in [0.4, 0.5) is 0 Å². The van der Waals surface area contributed by atoms with E-state index < -0.39 is 16.3 Å². The average Bonchev–Trinajstić information content (AvgIpc) is 2.69. The lowest BCUT2D eigenvalue weighted by atomic mass is 9.78. The number of hydrogen-bond acceptors (Lipinski definition) is 6. The molecule has 3 rings (SSSR count). The standard InChI is InChI=1S/C24H30N2O5S/c1-14(2)20-19(31-9-7-8-30-6)10-15-12-24(32,23(3,4)5)26-13-16(22(28)29)18(27)11-17(26)21(15)25-20/h10-11,13,32H,1,7-9,12H2,2-6H3,(H,28,29)/t24-/m0/s1. The van der Waals surface area contributed by atoms with E-state index in [-0.39, 0.29) is 11.0 Å². The van der Waals surface area contributed by atoms with Crippen molar-refractivity contribution < 1.29 is 19.4 Å². The molecule has 1 atom stereocenters. The number of carbonyl (C=O) groups is 1. The molecule has 0 saturated carbocycles. The third-order valence-corrected chi connectivity index (χ3v) is 6.83. The summed E-state index contributed by atoms with van der Waals surface area (Å²) < 4.78 is 12.9. The van der Waals surface area contributed by atoms with Crippen LogP contribution in [0.3, 0.4) is 0 Å². The SMILES string of the molecule is C=C(C)c1nc2c(cc1OCCCOC)C[C@](S)(C(C)(C)C)n1cc(C(=O)O)c(=O)cc1-2. The molecule has 2 aromatic heterocycles. The second kappa shape index (κ2) is 8.75. The van der Waals surface area contributed by atoms with Gasteiger partial charge in [-0.3, -0.25) is 4.79 Å². The van der Waals surface area contributed by atoms with Crippen LogP contribution < -0.4 is 10.2 Å². The summed E-state index contributed by atoms with van der Waals surface area (Å²) in [5.74, 6) is -0.647. The smallest absolute Gasteiger partial charge is 0.341 e. The molecule has 1 aliphatic rings. The number of methoxy groups -OCH3 is 1. The number of carboxylic acid groups (broad SMARTS) is 1. The van der Waals surface area contributed by atoms with E-state index in [0.717, 1.165) is 17.6 Å². The molecule has 0 amide bonds. The third kappa shape index (κ3) is 4.21. The van der Waals surface area contributed by atoms with Crippen molar-refractivity contribution in [3.8, 4) is 17.1 Å². The highest BCUT2D eigenvalue weighted by Gasteiger charge is 2.45. The number of pyridine rings is 2. The number of aromatic carboxylic acids is 1. The Kier molecular flexibility index (Phi) is 6.58. The van der Waals surface area contributed by atoms with E-state index in [1.165, 1.54) is 12.3 Å². The van der Waals surface area contributed by atoms with Crippen molar-refractivity contribution in [3.63, 3.8) is 0 Å². The zero-order chi connectivity index (χ0) is 23.8. The van der Waals surface area contributed by atoms with Gasteiger partial charge in [-0.25, -0.2) is 9.78 Å². The summed E-state index contributed by atoms with van der Waals surface area (Å²) in [7, 11) is 1.65. The van der Waals surface area contributed by atoms with Gasteiger partial charge in [-0.1, -0.05) is 27.4 Å². The van der Waals surface area contributed by atoms with E-state index >= 15 is 0 Å². The van der Waals surface area contributed by atoms with Gasteiger partial charge in [0, 0.05) is 38.8 Å². The monoisotopic (exact) mass is 458 g/mol. The highest BCUT2D eigenvalue weighted by atomic mass is 32.1. The normalized spacial score (nSPS) is 17.4. The number of ether oxygens (including phenoxy) is 2. The molecule has 0 aromatic carbocycles. The molecule has 0 fully saturated rings. The minimum atomic E-state index is -1.27. The molecule has 3 heterocycles. The van der Waals surface area contributed by atoms with Gasteiger partial charge in [0.1, 0.15) is 17.0 Å². The summed E-state index contributed by atoms with van der Waals surface area (Å²) in [6.07, 6.45) is 2.60. The van der Waals surface area contributed by atoms with Gasteiger partial charge in [0.25, 0.3) is 0 Å². The zero-order valence-corrected chi connectivity index (χ0v) is 20.1. The van der Waals surface area contributed by atoms with Crippen molar-refractivity contribution in [3.05, 3.63) is 52.0 Å². The fourth-order valence-corrected chi connectivity index (χ4v) is 4.19. The van der Waals surface area contributed by atoms with Crippen LogP contribution in [0.1, 0.15) is 55.7 Å². The molecule has 172 valence electrons. The summed E-state index contributed by atoms with van der Waals surface area (Å²) in [5, 5.41) is 9.52. The van der Waals surface area contributed by atoms with Crippen molar-refractivity contribution in [1.82, 2.24) is 9.55 Å². The van der Waals surface area contributed by atoms with Crippen molar-refractivity contribution in [1.29, 1.82) is 0 Å². The number of thiol groups is 1. The molecule has 2 aromatic rings. The average molecular weight is 459 g/mol. The first-order valence-electron chi connectivity index (χ1n) is 10.5. The number of aromatic nitrogens is 2. The molecule has 0 saturated heterocycles. The van der Waals surface area contributed by atoms with Crippen LogP contribution in [0.25, 0.3) is 17.0 Å². The third-order valence-electron chi connectivity index (χ3n) is 5.78. The number of hydrogen-bond donors (Lipinski definition) is 2. The van der Waals surface area contributed by atoms with Crippen LogP contribution in [-0.2, 0) is 16.0 Å². The summed E-state index contributed by atoms with van der Waals surface area (Å²) in [4.78, 5) is 28.3. The van der Waals surface area contributed by atoms with Crippen molar-refractivity contribution in [2.75, 3.05) is 20.3 Å². The highest BCUT2D eigenvalue weighted by molar-refractivity contribution is 7.81. The molecular formula is C24H30N2O5S. The first-order valence-corrected chi connectivity index (χ1v) is 10.9. The van der Waals surface area contributed by atoms with Gasteiger partial charge in [-0.2, -0.15) is 12.6 Å². The van der Waals surface area contributed by atoms with Crippen LogP contribution >= 0.6 is 12.6 Å². The Morgan fingerprint density at radius 2 is 2.03 bits per heavy atom. The van der Waals surface area contributed by atoms with Gasteiger partial charge in [0.05, 0.1) is 22.9 Å². The Morgan fingerprint density at radius 3 is 2.59 bits per heavy atom. The Morgan fingerprint density at radius 1 is 1.34 bits per heavy atom. The molecule has 0 unspecified atom stereocenters. The van der Waals surface area contributed by atoms with Crippen molar-refractivity contribution in [2.24, 2.45) is 5.41 Å². The van der Waals surface area contributed by atoms with Crippen LogP contribution in [0, 0.1) is 5.41 Å². The molecular weight excluding hydrogens is 428 g/mol. The van der Waals surface area contributed by atoms with Gasteiger partial charge in [-0.15, -0.1) is 0 Å². The van der Waals surface area contributed by atoms with Crippen molar-refractivity contribution >= 4 is 24.2 Å². The van der Waals surface area contributed by atoms with E-state index in [0.29, 0.717) is 42.5 Å². The van der Waals surface area contributed by atoms with Crippen molar-refractivity contribution in [2.45, 2.75) is 45.4 Å². The van der Waals surface area contributed by atoms with E-state index in [9.17, 15) is 14.7 Å². The minimum Gasteiger partial charge on any atom is -0.491 e. The van der Waals surface area contributed by atoms with Crippen LogP contribution in [0.2, 0.25) is 0 Å². The zero-order valence-electron chi connectivity index (χ0n) is 19.2. The fourth-order valence-electron chi connectivity index (χ4n) is 3.85. The lowest BCUT2D eigenvalue weighted by Gasteiger charge is -2.47. The number of allylic oxidation sites excluding steroid dienone is 1. The molecule has 1 N–H and O–H groups in total. The second-order valence-corrected chi connectivity index (χ2v) is 9.91. The van der Waals surface area contributed by atoms with E-state index in [4.69, 9.17) is 27.1 Å². The molecule has 32 heavy (non-hydrogen) atoms. The molecule has 0 aliphatic carbocycles. The molecule has 7 nitrogen and oxygen atoms in total. The number of rotatable bonds is 7. The predicted octanol–water partition coefficient (Wildman–Crippen LogP) is 4.24. The van der Waals surface area contributed by atoms with Gasteiger partial charge in [-0.05, 0) is 29.5 Å². The van der Waals surface area contributed by atoms with Gasteiger partial charge < -0.3 is 19.1 Å². The van der Waals surface area contributed by atoms with Gasteiger partial charge in [0.2, 0.25) is 0 Å². The van der Waals surface area contributed by atoms with E-state index in [2.05, 4.69) is 6.58 Å². The summed E-state index contributed by atoms with van der Waals surface area (Å²) in [6, 6.07) is 3.28. The van der Waals surface area contributed by atoms with E-state index in [1.54, 1.807) is 11.7 Å². The number of carboxylic acids is 1. The highest BCUT2D eigenvalue weighted by Crippen LogP contribution is 2.50.